The van der Waals surface area contributed by atoms with Crippen LogP contribution in [0.4, 0.5) is 0 Å². The Kier molecular flexibility index (Phi) is 9.37. The second-order valence-electron chi connectivity index (χ2n) is 9.21. The number of ether oxygens (including phenoxy) is 2. The van der Waals surface area contributed by atoms with Crippen LogP contribution in [-0.2, 0) is 23.5 Å². The Morgan fingerprint density at radius 2 is 1.60 bits per heavy atom. The molecule has 0 saturated carbocycles. The quantitative estimate of drug-likeness (QED) is 0.332. The Labute approximate surface area is 154 Å². The van der Waals surface area contributed by atoms with Crippen molar-refractivity contribution < 1.29 is 23.5 Å². The van der Waals surface area contributed by atoms with E-state index in [-0.39, 0.29) is 22.9 Å². The van der Waals surface area contributed by atoms with Crippen molar-refractivity contribution >= 4 is 20.3 Å². The monoisotopic (exact) mass is 374 g/mol. The maximum absolute atomic E-state index is 12.2. The van der Waals surface area contributed by atoms with E-state index in [0.717, 1.165) is 6.42 Å². The van der Waals surface area contributed by atoms with Crippen LogP contribution in [0.1, 0.15) is 67.7 Å². The van der Waals surface area contributed by atoms with Gasteiger partial charge in [-0.3, -0.25) is 9.59 Å². The second-order valence-corrected chi connectivity index (χ2v) is 14.0. The lowest BCUT2D eigenvalue weighted by atomic mass is 10.0. The standard InChI is InChI=1S/C19H38O5Si/c1-15(20)22-12-10-11-16(13-17(21)24-18(2,3)4)14-23-25(8,9)19(5,6)7/h16H,10-14H2,1-9H3/t16-/m1/s1. The molecule has 0 heterocycles. The van der Waals surface area contributed by atoms with Crippen LogP contribution in [0.3, 0.4) is 0 Å². The molecular formula is C19H38O5Si. The molecule has 0 radical (unpaired) electrons. The van der Waals surface area contributed by atoms with E-state index in [4.69, 9.17) is 13.9 Å². The second kappa shape index (κ2) is 9.71. The van der Waals surface area contributed by atoms with Gasteiger partial charge >= 0.3 is 11.9 Å². The number of carbonyl (C=O) groups excluding carboxylic acids is 2. The van der Waals surface area contributed by atoms with E-state index >= 15 is 0 Å². The Morgan fingerprint density at radius 3 is 2.04 bits per heavy atom. The van der Waals surface area contributed by atoms with Gasteiger partial charge < -0.3 is 13.9 Å². The Morgan fingerprint density at radius 1 is 1.04 bits per heavy atom. The summed E-state index contributed by atoms with van der Waals surface area (Å²) in [5.41, 5.74) is -0.486. The van der Waals surface area contributed by atoms with Crippen molar-refractivity contribution in [3.8, 4) is 0 Å². The molecule has 0 aromatic rings. The first-order chi connectivity index (χ1) is 11.1. The van der Waals surface area contributed by atoms with E-state index in [9.17, 15) is 9.59 Å². The molecule has 5 nitrogen and oxygen atoms in total. The number of carbonyl (C=O) groups is 2. The molecule has 0 amide bonds. The van der Waals surface area contributed by atoms with Gasteiger partial charge in [0.1, 0.15) is 5.60 Å². The van der Waals surface area contributed by atoms with Crippen LogP contribution in [0, 0.1) is 5.92 Å². The maximum atomic E-state index is 12.2. The third-order valence-corrected chi connectivity index (χ3v) is 8.92. The van der Waals surface area contributed by atoms with Crippen molar-refractivity contribution in [3.05, 3.63) is 0 Å². The van der Waals surface area contributed by atoms with Gasteiger partial charge in [-0.15, -0.1) is 0 Å². The van der Waals surface area contributed by atoms with Crippen LogP contribution in [0.5, 0.6) is 0 Å². The lowest BCUT2D eigenvalue weighted by molar-refractivity contribution is -0.156. The zero-order chi connectivity index (χ0) is 19.9. The van der Waals surface area contributed by atoms with Crippen LogP contribution in [-0.4, -0.2) is 39.1 Å². The summed E-state index contributed by atoms with van der Waals surface area (Å²) in [4.78, 5) is 23.1. The summed E-state index contributed by atoms with van der Waals surface area (Å²) in [5, 5.41) is 0.126. The summed E-state index contributed by atoms with van der Waals surface area (Å²) in [5.74, 6) is -0.412. The third kappa shape index (κ3) is 11.4. The maximum Gasteiger partial charge on any atom is 0.306 e. The molecule has 0 spiro atoms. The van der Waals surface area contributed by atoms with Gasteiger partial charge in [0.2, 0.25) is 0 Å². The van der Waals surface area contributed by atoms with Crippen LogP contribution in [0.15, 0.2) is 0 Å². The number of hydrogen-bond acceptors (Lipinski definition) is 5. The molecule has 1 atom stereocenters. The van der Waals surface area contributed by atoms with Crippen LogP contribution < -0.4 is 0 Å². The molecule has 0 bridgehead atoms. The predicted molar refractivity (Wildman–Crippen MR) is 103 cm³/mol. The summed E-state index contributed by atoms with van der Waals surface area (Å²) in [6.45, 7) is 18.9. The average molecular weight is 375 g/mol. The highest BCUT2D eigenvalue weighted by Gasteiger charge is 2.37. The van der Waals surface area contributed by atoms with Crippen molar-refractivity contribution in [1.29, 1.82) is 0 Å². The minimum Gasteiger partial charge on any atom is -0.466 e. The van der Waals surface area contributed by atoms with E-state index < -0.39 is 13.9 Å². The molecule has 0 fully saturated rings. The minimum absolute atomic E-state index is 0.0690. The summed E-state index contributed by atoms with van der Waals surface area (Å²) in [6.07, 6.45) is 1.81. The van der Waals surface area contributed by atoms with Crippen molar-refractivity contribution in [3.63, 3.8) is 0 Å². The third-order valence-electron chi connectivity index (χ3n) is 4.42. The summed E-state index contributed by atoms with van der Waals surface area (Å²) < 4.78 is 16.7. The van der Waals surface area contributed by atoms with E-state index in [1.807, 2.05) is 20.8 Å². The van der Waals surface area contributed by atoms with E-state index in [2.05, 4.69) is 33.9 Å². The van der Waals surface area contributed by atoms with E-state index in [0.29, 0.717) is 26.1 Å². The smallest absolute Gasteiger partial charge is 0.306 e. The van der Waals surface area contributed by atoms with Crippen LogP contribution in [0.25, 0.3) is 0 Å². The lowest BCUT2D eigenvalue weighted by Crippen LogP contribution is -2.42. The van der Waals surface area contributed by atoms with Crippen molar-refractivity contribution in [2.45, 2.75) is 91.5 Å². The normalized spacial score (nSPS) is 14.1. The largest absolute Gasteiger partial charge is 0.466 e. The molecule has 0 unspecified atom stereocenters. The molecule has 0 rings (SSSR count). The fraction of sp³-hybridized carbons (Fsp3) is 0.895. The predicted octanol–water partition coefficient (Wildman–Crippen LogP) is 4.70. The summed E-state index contributed by atoms with van der Waals surface area (Å²) in [6, 6.07) is 0. The van der Waals surface area contributed by atoms with Gasteiger partial charge in [-0.05, 0) is 57.7 Å². The molecule has 0 aliphatic rings. The fourth-order valence-corrected chi connectivity index (χ4v) is 3.08. The van der Waals surface area contributed by atoms with Gasteiger partial charge in [0.25, 0.3) is 0 Å². The van der Waals surface area contributed by atoms with Crippen molar-refractivity contribution in [1.82, 2.24) is 0 Å². The number of esters is 2. The molecule has 25 heavy (non-hydrogen) atoms. The molecule has 0 N–H and O–H groups in total. The molecule has 0 saturated heterocycles. The molecule has 6 heteroatoms. The first-order valence-electron chi connectivity index (χ1n) is 9.13. The fourth-order valence-electron chi connectivity index (χ4n) is 1.99. The first kappa shape index (κ1) is 24.1. The zero-order valence-electron chi connectivity index (χ0n) is 17.7. The van der Waals surface area contributed by atoms with Gasteiger partial charge in [-0.1, -0.05) is 20.8 Å². The van der Waals surface area contributed by atoms with Gasteiger partial charge in [0.05, 0.1) is 13.0 Å². The highest BCUT2D eigenvalue weighted by molar-refractivity contribution is 6.74. The van der Waals surface area contributed by atoms with Gasteiger partial charge in [-0.2, -0.15) is 0 Å². The highest BCUT2D eigenvalue weighted by atomic mass is 28.4. The molecule has 0 aliphatic heterocycles. The molecular weight excluding hydrogens is 336 g/mol. The molecule has 0 aromatic carbocycles. The minimum atomic E-state index is -1.87. The molecule has 0 aromatic heterocycles. The summed E-state index contributed by atoms with van der Waals surface area (Å²) >= 11 is 0. The van der Waals surface area contributed by atoms with Crippen molar-refractivity contribution in [2.24, 2.45) is 5.92 Å². The summed E-state index contributed by atoms with van der Waals surface area (Å²) in [7, 11) is -1.87. The van der Waals surface area contributed by atoms with Gasteiger partial charge in [0, 0.05) is 13.5 Å². The topological polar surface area (TPSA) is 61.8 Å². The Bertz CT molecular complexity index is 432. The molecule has 0 aliphatic carbocycles. The van der Waals surface area contributed by atoms with Crippen LogP contribution >= 0.6 is 0 Å². The van der Waals surface area contributed by atoms with Gasteiger partial charge in [0.15, 0.2) is 8.32 Å². The average Bonchev–Trinajstić information content (AvgIpc) is 2.36. The number of rotatable bonds is 9. The number of hydrogen-bond donors (Lipinski definition) is 0. The molecule has 148 valence electrons. The lowest BCUT2D eigenvalue weighted by Gasteiger charge is -2.37. The van der Waals surface area contributed by atoms with Crippen LogP contribution in [0.2, 0.25) is 18.1 Å². The van der Waals surface area contributed by atoms with Crippen molar-refractivity contribution in [2.75, 3.05) is 13.2 Å². The zero-order valence-corrected chi connectivity index (χ0v) is 18.7. The highest BCUT2D eigenvalue weighted by Crippen LogP contribution is 2.37. The van der Waals surface area contributed by atoms with E-state index in [1.165, 1.54) is 6.92 Å². The van der Waals surface area contributed by atoms with Gasteiger partial charge in [-0.25, -0.2) is 0 Å². The SMILES string of the molecule is CC(=O)OCCC[C@@H](CO[Si](C)(C)C(C)(C)C)CC(=O)OC(C)(C)C. The Hall–Kier alpha value is -0.883. The van der Waals surface area contributed by atoms with E-state index in [1.54, 1.807) is 0 Å². The Balaban J connectivity index is 4.72. The first-order valence-corrected chi connectivity index (χ1v) is 12.0.